The topological polar surface area (TPSA) is 90.3 Å². The fourth-order valence-corrected chi connectivity index (χ4v) is 4.55. The molecule has 0 aliphatic carbocycles. The van der Waals surface area contributed by atoms with Crippen LogP contribution >= 0.6 is 0 Å². The number of phenols is 1. The number of amides is 1. The Hall–Kier alpha value is -4.10. The van der Waals surface area contributed by atoms with Gasteiger partial charge in [-0.25, -0.2) is 0 Å². The van der Waals surface area contributed by atoms with Gasteiger partial charge in [-0.15, -0.1) is 0 Å². The minimum absolute atomic E-state index is 0.0431. The maximum absolute atomic E-state index is 13.2. The van der Waals surface area contributed by atoms with E-state index in [0.29, 0.717) is 42.0 Å². The highest BCUT2D eigenvalue weighted by atomic mass is 16.5. The summed E-state index contributed by atoms with van der Waals surface area (Å²) in [4.78, 5) is 29.8. The first kappa shape index (κ1) is 26.0. The summed E-state index contributed by atoms with van der Waals surface area (Å²) in [5.41, 5.74) is 2.90. The number of ether oxygens (including phenoxy) is 1. The third-order valence-electron chi connectivity index (χ3n) is 6.45. The number of Topliss-reactive ketones (excluding diaryl/α,β-unsaturated/α-hetero) is 1. The second-order valence-electron chi connectivity index (χ2n) is 9.49. The highest BCUT2D eigenvalue weighted by molar-refractivity contribution is 6.46. The molecule has 1 fully saturated rings. The molecule has 1 aliphatic heterocycles. The van der Waals surface area contributed by atoms with Crippen molar-refractivity contribution in [3.05, 3.63) is 101 Å². The third-order valence-corrected chi connectivity index (χ3v) is 6.45. The quantitative estimate of drug-likeness (QED) is 0.253. The van der Waals surface area contributed by atoms with Gasteiger partial charge in [0.25, 0.3) is 11.7 Å². The summed E-state index contributed by atoms with van der Waals surface area (Å²) in [6.45, 7) is 3.34. The van der Waals surface area contributed by atoms with Crippen molar-refractivity contribution in [1.82, 2.24) is 9.80 Å². The molecule has 0 bridgehead atoms. The van der Waals surface area contributed by atoms with Gasteiger partial charge in [-0.1, -0.05) is 42.5 Å². The van der Waals surface area contributed by atoms with Crippen LogP contribution in [-0.4, -0.2) is 58.9 Å². The molecular formula is C30H32N2O5. The van der Waals surface area contributed by atoms with Gasteiger partial charge >= 0.3 is 0 Å². The zero-order valence-electron chi connectivity index (χ0n) is 21.3. The first-order chi connectivity index (χ1) is 17.8. The average molecular weight is 501 g/mol. The van der Waals surface area contributed by atoms with E-state index in [9.17, 15) is 19.8 Å². The van der Waals surface area contributed by atoms with Crippen LogP contribution in [0.15, 0.2) is 78.4 Å². The molecular weight excluding hydrogens is 468 g/mol. The molecule has 1 amide bonds. The molecule has 0 saturated carbocycles. The Kier molecular flexibility index (Phi) is 7.94. The molecule has 37 heavy (non-hydrogen) atoms. The lowest BCUT2D eigenvalue weighted by Gasteiger charge is -2.26. The second kappa shape index (κ2) is 11.3. The van der Waals surface area contributed by atoms with Gasteiger partial charge in [0, 0.05) is 12.1 Å². The summed E-state index contributed by atoms with van der Waals surface area (Å²) in [5, 5.41) is 21.2. The number of aromatic hydroxyl groups is 1. The number of hydrogen-bond acceptors (Lipinski definition) is 6. The lowest BCUT2D eigenvalue weighted by Crippen LogP contribution is -2.32. The van der Waals surface area contributed by atoms with Crippen molar-refractivity contribution in [1.29, 1.82) is 0 Å². The Morgan fingerprint density at radius 2 is 1.70 bits per heavy atom. The van der Waals surface area contributed by atoms with Crippen LogP contribution in [0.3, 0.4) is 0 Å². The number of carbonyl (C=O) groups excluding carboxylic acids is 2. The number of rotatable bonds is 9. The molecule has 0 unspecified atom stereocenters. The summed E-state index contributed by atoms with van der Waals surface area (Å²) in [6, 6.07) is 20.7. The first-order valence-electron chi connectivity index (χ1n) is 12.3. The lowest BCUT2D eigenvalue weighted by atomic mass is 9.93. The molecule has 1 atom stereocenters. The van der Waals surface area contributed by atoms with Crippen LogP contribution in [0.1, 0.15) is 34.7 Å². The number of benzene rings is 3. The molecule has 4 rings (SSSR count). The van der Waals surface area contributed by atoms with Gasteiger partial charge in [-0.05, 0) is 81.0 Å². The maximum atomic E-state index is 13.2. The van der Waals surface area contributed by atoms with Gasteiger partial charge in [-0.2, -0.15) is 0 Å². The predicted molar refractivity (Wildman–Crippen MR) is 142 cm³/mol. The zero-order chi connectivity index (χ0) is 26.5. The van der Waals surface area contributed by atoms with Crippen LogP contribution < -0.4 is 4.74 Å². The first-order valence-corrected chi connectivity index (χ1v) is 12.3. The predicted octanol–water partition coefficient (Wildman–Crippen LogP) is 4.65. The number of ketones is 1. The maximum Gasteiger partial charge on any atom is 0.295 e. The molecule has 2 N–H and O–H groups in total. The number of aliphatic hydroxyl groups excluding tert-OH is 1. The van der Waals surface area contributed by atoms with Gasteiger partial charge in [0.2, 0.25) is 0 Å². The largest absolute Gasteiger partial charge is 0.508 e. The number of hydrogen-bond donors (Lipinski definition) is 2. The van der Waals surface area contributed by atoms with Crippen LogP contribution in [0.2, 0.25) is 0 Å². The van der Waals surface area contributed by atoms with Gasteiger partial charge < -0.3 is 24.7 Å². The Bertz CT molecular complexity index is 1300. The van der Waals surface area contributed by atoms with E-state index in [1.54, 1.807) is 30.3 Å². The minimum Gasteiger partial charge on any atom is -0.508 e. The molecule has 1 saturated heterocycles. The van der Waals surface area contributed by atoms with E-state index in [1.807, 2.05) is 56.3 Å². The number of likely N-dealkylation sites (tertiary alicyclic amines) is 1. The van der Waals surface area contributed by atoms with Crippen molar-refractivity contribution in [3.63, 3.8) is 0 Å². The van der Waals surface area contributed by atoms with Crippen molar-refractivity contribution in [2.45, 2.75) is 26.0 Å². The summed E-state index contributed by atoms with van der Waals surface area (Å²) >= 11 is 0. The minimum atomic E-state index is -0.754. The van der Waals surface area contributed by atoms with Crippen molar-refractivity contribution in [3.8, 4) is 11.5 Å². The fourth-order valence-electron chi connectivity index (χ4n) is 4.55. The number of aliphatic hydroxyl groups is 1. The Labute approximate surface area is 217 Å². The summed E-state index contributed by atoms with van der Waals surface area (Å²) in [6.07, 6.45) is 0.668. The molecule has 1 heterocycles. The molecule has 0 spiro atoms. The Morgan fingerprint density at radius 3 is 2.35 bits per heavy atom. The van der Waals surface area contributed by atoms with Crippen LogP contribution in [0, 0.1) is 6.92 Å². The smallest absolute Gasteiger partial charge is 0.295 e. The highest BCUT2D eigenvalue weighted by Gasteiger charge is 2.45. The summed E-state index contributed by atoms with van der Waals surface area (Å²) in [5.74, 6) is -0.867. The Balaban J connectivity index is 1.68. The second-order valence-corrected chi connectivity index (χ2v) is 9.49. The molecule has 192 valence electrons. The van der Waals surface area contributed by atoms with Crippen LogP contribution in [-0.2, 0) is 16.2 Å². The van der Waals surface area contributed by atoms with E-state index >= 15 is 0 Å². The van der Waals surface area contributed by atoms with Crippen LogP contribution in [0.25, 0.3) is 5.76 Å². The van der Waals surface area contributed by atoms with Gasteiger partial charge in [-0.3, -0.25) is 9.59 Å². The normalized spacial score (nSPS) is 17.0. The van der Waals surface area contributed by atoms with E-state index in [4.69, 9.17) is 4.74 Å². The van der Waals surface area contributed by atoms with Crippen molar-refractivity contribution in [2.24, 2.45) is 0 Å². The molecule has 3 aromatic carbocycles. The molecule has 0 radical (unpaired) electrons. The SMILES string of the molecule is Cc1cc(OCc2ccccc2)ccc1/C(O)=C1\C(=O)C(=O)N(CCCN(C)C)[C@@H]1c1ccc(O)cc1. The van der Waals surface area contributed by atoms with E-state index in [2.05, 4.69) is 0 Å². The van der Waals surface area contributed by atoms with E-state index < -0.39 is 17.7 Å². The molecule has 1 aliphatic rings. The van der Waals surface area contributed by atoms with Gasteiger partial charge in [0.05, 0.1) is 11.6 Å². The number of aryl methyl sites for hydroxylation is 1. The van der Waals surface area contributed by atoms with Crippen LogP contribution in [0.4, 0.5) is 0 Å². The molecule has 0 aromatic heterocycles. The highest BCUT2D eigenvalue weighted by Crippen LogP contribution is 2.40. The van der Waals surface area contributed by atoms with E-state index in [0.717, 1.165) is 12.1 Å². The molecule has 7 nitrogen and oxygen atoms in total. The van der Waals surface area contributed by atoms with Crippen molar-refractivity contribution in [2.75, 3.05) is 27.2 Å². The summed E-state index contributed by atoms with van der Waals surface area (Å²) in [7, 11) is 3.89. The number of phenolic OH excluding ortho intramolecular Hbond substituents is 1. The summed E-state index contributed by atoms with van der Waals surface area (Å²) < 4.78 is 5.90. The van der Waals surface area contributed by atoms with Crippen LogP contribution in [0.5, 0.6) is 11.5 Å². The van der Waals surface area contributed by atoms with Crippen molar-refractivity contribution < 1.29 is 24.5 Å². The van der Waals surface area contributed by atoms with Gasteiger partial charge in [0.15, 0.2) is 0 Å². The number of nitrogens with zero attached hydrogens (tertiary/aromatic N) is 2. The van der Waals surface area contributed by atoms with Gasteiger partial charge in [0.1, 0.15) is 23.9 Å². The Morgan fingerprint density at radius 1 is 1.00 bits per heavy atom. The standard InChI is InChI=1S/C30H32N2O5/c1-20-18-24(37-19-21-8-5-4-6-9-21)14-15-25(20)28(34)26-27(22-10-12-23(33)13-11-22)32(30(36)29(26)35)17-7-16-31(2)3/h4-6,8-15,18,27,33-34H,7,16-17,19H2,1-3H3/b28-26+/t27-/m1/s1. The molecule has 3 aromatic rings. The molecule has 7 heteroatoms. The van der Waals surface area contributed by atoms with Crippen molar-refractivity contribution >= 4 is 17.4 Å². The zero-order valence-corrected chi connectivity index (χ0v) is 21.3. The third kappa shape index (κ3) is 5.84. The van der Waals surface area contributed by atoms with E-state index in [1.165, 1.54) is 17.0 Å². The number of carbonyl (C=O) groups is 2. The monoisotopic (exact) mass is 500 g/mol. The average Bonchev–Trinajstić information content (AvgIpc) is 3.13. The van der Waals surface area contributed by atoms with E-state index in [-0.39, 0.29) is 17.1 Å². The fraction of sp³-hybridized carbons (Fsp3) is 0.267. The lowest BCUT2D eigenvalue weighted by molar-refractivity contribution is -0.139.